The fourth-order valence-corrected chi connectivity index (χ4v) is 4.30. The second kappa shape index (κ2) is 5.20. The molecule has 2 bridgehead atoms. The van der Waals surface area contributed by atoms with Gasteiger partial charge in [-0.1, -0.05) is 0 Å². The number of rotatable bonds is 1. The maximum atomic E-state index is 13.3. The average molecular weight is 396 g/mol. The van der Waals surface area contributed by atoms with E-state index in [1.807, 2.05) is 0 Å². The lowest BCUT2D eigenvalue weighted by atomic mass is 9.76. The number of alkyl halides is 3. The Morgan fingerprint density at radius 3 is 2.00 bits per heavy atom. The number of hydrogen-bond acceptors (Lipinski definition) is 6. The third-order valence-corrected chi connectivity index (χ3v) is 5.65. The molecule has 1 saturated heterocycles. The Hall–Kier alpha value is -2.74. The van der Waals surface area contributed by atoms with Crippen LogP contribution in [-0.4, -0.2) is 37.2 Å². The number of benzene rings is 1. The summed E-state index contributed by atoms with van der Waals surface area (Å²) in [5.74, 6) is -1.25. The van der Waals surface area contributed by atoms with Crippen LogP contribution in [-0.2, 0) is 22.1 Å². The first-order valence-corrected chi connectivity index (χ1v) is 8.23. The number of halogens is 3. The molecule has 2 aliphatic rings. The molecule has 1 aromatic carbocycles. The van der Waals surface area contributed by atoms with Crippen molar-refractivity contribution in [1.82, 2.24) is 4.57 Å². The van der Waals surface area contributed by atoms with E-state index in [2.05, 4.69) is 0 Å². The Morgan fingerprint density at radius 1 is 1.07 bits per heavy atom. The van der Waals surface area contributed by atoms with Crippen molar-refractivity contribution >= 4 is 0 Å². The highest BCUT2D eigenvalue weighted by Gasteiger charge is 2.69. The molecule has 0 saturated carbocycles. The van der Waals surface area contributed by atoms with Gasteiger partial charge in [0.05, 0.1) is 34.0 Å². The van der Waals surface area contributed by atoms with Crippen LogP contribution in [0.1, 0.15) is 36.1 Å². The van der Waals surface area contributed by atoms with Gasteiger partial charge >= 0.3 is 6.18 Å². The lowest BCUT2D eigenvalue weighted by Crippen LogP contribution is -2.44. The molecule has 0 aliphatic carbocycles. The minimum atomic E-state index is -4.82. The number of aliphatic hydroxyl groups excluding tert-OH is 2. The lowest BCUT2D eigenvalue weighted by molar-refractivity contribution is -0.137. The van der Waals surface area contributed by atoms with Crippen LogP contribution in [0, 0.1) is 11.3 Å². The molecule has 0 amide bonds. The smallest absolute Gasteiger partial charge is 0.417 e. The number of nitriles is 1. The van der Waals surface area contributed by atoms with Crippen molar-refractivity contribution in [2.75, 3.05) is 0 Å². The normalized spacial score (nSPS) is 31.1. The number of nitrogens with zero attached hydrogens (tertiary/aromatic N) is 2. The van der Waals surface area contributed by atoms with Crippen molar-refractivity contribution in [3.63, 3.8) is 0 Å². The van der Waals surface area contributed by atoms with Gasteiger partial charge in [0.2, 0.25) is 11.8 Å². The first-order chi connectivity index (χ1) is 12.9. The Morgan fingerprint density at radius 2 is 1.57 bits per heavy atom. The predicted octanol–water partition coefficient (Wildman–Crippen LogP) is 1.97. The molecule has 2 aromatic rings. The molecule has 0 unspecified atom stereocenters. The van der Waals surface area contributed by atoms with Crippen LogP contribution < -0.4 is 0 Å². The molecular formula is C18H15F3N2O5. The summed E-state index contributed by atoms with van der Waals surface area (Å²) >= 11 is 0. The van der Waals surface area contributed by atoms with Crippen molar-refractivity contribution in [2.24, 2.45) is 0 Å². The van der Waals surface area contributed by atoms with Crippen LogP contribution in [0.4, 0.5) is 13.2 Å². The highest BCUT2D eigenvalue weighted by atomic mass is 19.4. The fourth-order valence-electron chi connectivity index (χ4n) is 4.30. The summed E-state index contributed by atoms with van der Waals surface area (Å²) in [5.41, 5.74) is -5.22. The molecular weight excluding hydrogens is 381 g/mol. The molecule has 7 nitrogen and oxygen atoms in total. The van der Waals surface area contributed by atoms with Gasteiger partial charge in [-0.3, -0.25) is 4.57 Å². The first-order valence-electron chi connectivity index (χ1n) is 8.23. The quantitative estimate of drug-likeness (QED) is 0.585. The minimum Gasteiger partial charge on any atom is -0.494 e. The Bertz CT molecular complexity index is 1010. The number of aromatic nitrogens is 1. The van der Waals surface area contributed by atoms with E-state index in [1.54, 1.807) is 0 Å². The molecule has 1 aromatic heterocycles. The van der Waals surface area contributed by atoms with Crippen molar-refractivity contribution in [2.45, 2.75) is 43.4 Å². The molecule has 28 heavy (non-hydrogen) atoms. The number of fused-ring (bicyclic) bond motifs is 5. The molecule has 4 atom stereocenters. The van der Waals surface area contributed by atoms with E-state index < -0.39 is 52.5 Å². The molecule has 0 radical (unpaired) electrons. The zero-order valence-corrected chi connectivity index (χ0v) is 14.6. The van der Waals surface area contributed by atoms with E-state index in [-0.39, 0.29) is 16.8 Å². The molecule has 148 valence electrons. The summed E-state index contributed by atoms with van der Waals surface area (Å²) in [7, 11) is 0. The van der Waals surface area contributed by atoms with Crippen molar-refractivity contribution in [3.8, 4) is 23.5 Å². The van der Waals surface area contributed by atoms with E-state index in [4.69, 9.17) is 10.00 Å². The highest BCUT2D eigenvalue weighted by Crippen LogP contribution is 2.64. The molecule has 3 heterocycles. The summed E-state index contributed by atoms with van der Waals surface area (Å²) < 4.78 is 46.3. The van der Waals surface area contributed by atoms with Gasteiger partial charge in [0.25, 0.3) is 0 Å². The monoisotopic (exact) mass is 396 g/mol. The molecule has 2 aliphatic heterocycles. The Labute approximate surface area is 156 Å². The fraction of sp³-hybridized carbons (Fsp3) is 0.389. The minimum absolute atomic E-state index is 0.0109. The van der Waals surface area contributed by atoms with Gasteiger partial charge in [-0.2, -0.15) is 18.4 Å². The van der Waals surface area contributed by atoms with Crippen LogP contribution in [0.2, 0.25) is 0 Å². The maximum absolute atomic E-state index is 13.3. The number of aromatic hydroxyl groups is 2. The average Bonchev–Trinajstić information content (AvgIpc) is 3.10. The zero-order valence-electron chi connectivity index (χ0n) is 14.6. The van der Waals surface area contributed by atoms with E-state index in [1.165, 1.54) is 19.9 Å². The van der Waals surface area contributed by atoms with E-state index in [0.717, 1.165) is 16.7 Å². The van der Waals surface area contributed by atoms with Gasteiger partial charge in [-0.05, 0) is 32.0 Å². The highest BCUT2D eigenvalue weighted by molar-refractivity contribution is 5.63. The van der Waals surface area contributed by atoms with Crippen LogP contribution in [0.5, 0.6) is 11.8 Å². The van der Waals surface area contributed by atoms with Crippen LogP contribution >= 0.6 is 0 Å². The molecule has 4 rings (SSSR count). The summed E-state index contributed by atoms with van der Waals surface area (Å²) in [6.45, 7) is 2.81. The molecule has 10 heteroatoms. The van der Waals surface area contributed by atoms with Crippen molar-refractivity contribution in [3.05, 3.63) is 40.5 Å². The summed E-state index contributed by atoms with van der Waals surface area (Å²) in [6, 6.07) is 4.16. The number of aliphatic hydroxyl groups is 2. The second-order valence-electron chi connectivity index (χ2n) is 7.28. The van der Waals surface area contributed by atoms with E-state index in [0.29, 0.717) is 6.07 Å². The van der Waals surface area contributed by atoms with Crippen molar-refractivity contribution in [1.29, 1.82) is 5.26 Å². The maximum Gasteiger partial charge on any atom is 0.417 e. The SMILES string of the molecule is C[C@]12O[C@](C)(c3c1c(O)n(-c1ccc(C#N)c(C(F)(F)F)c1)c3O)[C@@H](O)[C@@H]2O. The lowest BCUT2D eigenvalue weighted by Gasteiger charge is -2.29. The van der Waals surface area contributed by atoms with Crippen molar-refractivity contribution < 1.29 is 38.3 Å². The number of ether oxygens (including phenoxy) is 1. The van der Waals surface area contributed by atoms with Gasteiger partial charge in [-0.25, -0.2) is 0 Å². The summed E-state index contributed by atoms with van der Waals surface area (Å²) in [4.78, 5) is 0. The Balaban J connectivity index is 1.99. The molecule has 4 N–H and O–H groups in total. The predicted molar refractivity (Wildman–Crippen MR) is 86.6 cm³/mol. The largest absolute Gasteiger partial charge is 0.494 e. The standard InChI is InChI=1S/C18H15F3N2O5/c1-16-10-11(17(2,28-16)13(25)12(16)24)15(27)23(14(10)26)8-4-3-7(6-22)9(5-8)18(19,20)21/h3-5,12-13,24-27H,1-2H3/t12-,13-,16-,17+/m0/s1. The topological polar surface area (TPSA) is 119 Å². The zero-order chi connectivity index (χ0) is 20.8. The first kappa shape index (κ1) is 18.6. The van der Waals surface area contributed by atoms with Gasteiger partial charge in [0.1, 0.15) is 23.4 Å². The summed E-state index contributed by atoms with van der Waals surface area (Å²) in [5, 5.41) is 50.9. The van der Waals surface area contributed by atoms with Crippen LogP contribution in [0.15, 0.2) is 18.2 Å². The van der Waals surface area contributed by atoms with Crippen LogP contribution in [0.25, 0.3) is 5.69 Å². The third-order valence-electron chi connectivity index (χ3n) is 5.65. The van der Waals surface area contributed by atoms with E-state index in [9.17, 15) is 33.6 Å². The summed E-state index contributed by atoms with van der Waals surface area (Å²) in [6.07, 6.45) is -7.66. The van der Waals surface area contributed by atoms with E-state index >= 15 is 0 Å². The van der Waals surface area contributed by atoms with Gasteiger partial charge < -0.3 is 25.2 Å². The molecule has 0 spiro atoms. The molecule has 1 fully saturated rings. The van der Waals surface area contributed by atoms with Crippen LogP contribution in [0.3, 0.4) is 0 Å². The van der Waals surface area contributed by atoms with Gasteiger partial charge in [0.15, 0.2) is 0 Å². The number of hydrogen-bond donors (Lipinski definition) is 4. The Kier molecular flexibility index (Phi) is 3.45. The van der Waals surface area contributed by atoms with Gasteiger partial charge in [0, 0.05) is 0 Å². The second-order valence-corrected chi connectivity index (χ2v) is 7.28. The van der Waals surface area contributed by atoms with Gasteiger partial charge in [-0.15, -0.1) is 0 Å². The third kappa shape index (κ3) is 1.98.